The SMILES string of the molecule is Cc1cc(Br)cc2c1CCC2=O. The van der Waals surface area contributed by atoms with Crippen LogP contribution in [-0.2, 0) is 6.42 Å². The number of hydrogen-bond donors (Lipinski definition) is 0. The monoisotopic (exact) mass is 224 g/mol. The number of ketones is 1. The zero-order valence-corrected chi connectivity index (χ0v) is 8.44. The van der Waals surface area contributed by atoms with E-state index in [4.69, 9.17) is 0 Å². The van der Waals surface area contributed by atoms with Crippen LogP contribution in [-0.4, -0.2) is 5.78 Å². The van der Waals surface area contributed by atoms with Crippen LogP contribution in [0.3, 0.4) is 0 Å². The molecule has 1 aliphatic carbocycles. The third-order valence-corrected chi connectivity index (χ3v) is 2.80. The number of halogens is 1. The maximum Gasteiger partial charge on any atom is 0.163 e. The maximum atomic E-state index is 11.3. The molecule has 2 rings (SSSR count). The number of rotatable bonds is 0. The normalized spacial score (nSPS) is 15.0. The number of hydrogen-bond acceptors (Lipinski definition) is 1. The molecular weight excluding hydrogens is 216 g/mol. The summed E-state index contributed by atoms with van der Waals surface area (Å²) < 4.78 is 1.01. The molecule has 0 atom stereocenters. The standard InChI is InChI=1S/C10H9BrO/c1-6-4-7(11)5-9-8(6)2-3-10(9)12/h4-5H,2-3H2,1H3. The van der Waals surface area contributed by atoms with Gasteiger partial charge >= 0.3 is 0 Å². The van der Waals surface area contributed by atoms with Gasteiger partial charge in [-0.1, -0.05) is 15.9 Å². The first-order chi connectivity index (χ1) is 5.68. The van der Waals surface area contributed by atoms with Crippen molar-refractivity contribution in [3.63, 3.8) is 0 Å². The average molecular weight is 225 g/mol. The van der Waals surface area contributed by atoms with Crippen LogP contribution in [0.5, 0.6) is 0 Å². The third-order valence-electron chi connectivity index (χ3n) is 2.34. The van der Waals surface area contributed by atoms with Gasteiger partial charge in [-0.3, -0.25) is 4.79 Å². The highest BCUT2D eigenvalue weighted by Crippen LogP contribution is 2.28. The number of benzene rings is 1. The van der Waals surface area contributed by atoms with Gasteiger partial charge in [0.1, 0.15) is 0 Å². The van der Waals surface area contributed by atoms with Gasteiger partial charge in [-0.15, -0.1) is 0 Å². The van der Waals surface area contributed by atoms with Gasteiger partial charge in [0, 0.05) is 16.5 Å². The fraction of sp³-hybridized carbons (Fsp3) is 0.300. The topological polar surface area (TPSA) is 17.1 Å². The van der Waals surface area contributed by atoms with E-state index in [0.717, 1.165) is 16.5 Å². The van der Waals surface area contributed by atoms with E-state index in [9.17, 15) is 4.79 Å². The van der Waals surface area contributed by atoms with Gasteiger partial charge in [-0.25, -0.2) is 0 Å². The highest BCUT2D eigenvalue weighted by molar-refractivity contribution is 9.10. The molecule has 0 aromatic heterocycles. The van der Waals surface area contributed by atoms with E-state index in [1.807, 2.05) is 6.07 Å². The van der Waals surface area contributed by atoms with Crippen LogP contribution < -0.4 is 0 Å². The molecule has 0 N–H and O–H groups in total. The molecule has 0 saturated heterocycles. The fourth-order valence-corrected chi connectivity index (χ4v) is 2.30. The lowest BCUT2D eigenvalue weighted by molar-refractivity contribution is 0.0994. The molecular formula is C10H9BrO. The molecule has 62 valence electrons. The Morgan fingerprint density at radius 2 is 2.08 bits per heavy atom. The minimum absolute atomic E-state index is 0.286. The molecule has 0 spiro atoms. The van der Waals surface area contributed by atoms with E-state index in [1.54, 1.807) is 0 Å². The number of Topliss-reactive ketones (excluding diaryl/α,β-unsaturated/α-hetero) is 1. The van der Waals surface area contributed by atoms with Gasteiger partial charge in [0.05, 0.1) is 0 Å². The highest BCUT2D eigenvalue weighted by Gasteiger charge is 2.20. The lowest BCUT2D eigenvalue weighted by atomic mass is 10.1. The van der Waals surface area contributed by atoms with Crippen molar-refractivity contribution in [2.45, 2.75) is 19.8 Å². The van der Waals surface area contributed by atoms with Crippen LogP contribution in [0.2, 0.25) is 0 Å². The third kappa shape index (κ3) is 1.11. The molecule has 0 saturated carbocycles. The first kappa shape index (κ1) is 7.99. The summed E-state index contributed by atoms with van der Waals surface area (Å²) in [6.07, 6.45) is 1.61. The number of carbonyl (C=O) groups excluding carboxylic acids is 1. The van der Waals surface area contributed by atoms with E-state index in [1.165, 1.54) is 11.1 Å². The first-order valence-corrected chi connectivity index (χ1v) is 4.80. The van der Waals surface area contributed by atoms with E-state index in [2.05, 4.69) is 28.9 Å². The van der Waals surface area contributed by atoms with Crippen molar-refractivity contribution in [3.05, 3.63) is 33.3 Å². The van der Waals surface area contributed by atoms with Crippen molar-refractivity contribution in [1.29, 1.82) is 0 Å². The Bertz CT molecular complexity index is 355. The summed E-state index contributed by atoms with van der Waals surface area (Å²) in [4.78, 5) is 11.3. The quantitative estimate of drug-likeness (QED) is 0.663. The second-order valence-electron chi connectivity index (χ2n) is 3.17. The molecule has 0 amide bonds. The Labute approximate surface area is 79.9 Å². The summed E-state index contributed by atoms with van der Waals surface area (Å²) in [6, 6.07) is 4.00. The summed E-state index contributed by atoms with van der Waals surface area (Å²) in [5.41, 5.74) is 3.38. The van der Waals surface area contributed by atoms with Crippen molar-refractivity contribution >= 4 is 21.7 Å². The van der Waals surface area contributed by atoms with Crippen LogP contribution in [0.15, 0.2) is 16.6 Å². The number of carbonyl (C=O) groups is 1. The second-order valence-corrected chi connectivity index (χ2v) is 4.09. The first-order valence-electron chi connectivity index (χ1n) is 4.00. The van der Waals surface area contributed by atoms with Crippen molar-refractivity contribution in [3.8, 4) is 0 Å². The Hall–Kier alpha value is -0.630. The van der Waals surface area contributed by atoms with Gasteiger partial charge in [0.15, 0.2) is 5.78 Å². The second kappa shape index (κ2) is 2.70. The van der Waals surface area contributed by atoms with E-state index >= 15 is 0 Å². The van der Waals surface area contributed by atoms with Crippen LogP contribution in [0.4, 0.5) is 0 Å². The fourth-order valence-electron chi connectivity index (χ4n) is 1.73. The van der Waals surface area contributed by atoms with Crippen LogP contribution >= 0.6 is 15.9 Å². The van der Waals surface area contributed by atoms with E-state index in [0.29, 0.717) is 6.42 Å². The van der Waals surface area contributed by atoms with Crippen molar-refractivity contribution in [1.82, 2.24) is 0 Å². The molecule has 12 heavy (non-hydrogen) atoms. The smallest absolute Gasteiger partial charge is 0.163 e. The molecule has 0 bridgehead atoms. The lowest BCUT2D eigenvalue weighted by Crippen LogP contribution is -1.92. The zero-order valence-electron chi connectivity index (χ0n) is 6.86. The maximum absolute atomic E-state index is 11.3. The molecule has 0 heterocycles. The summed E-state index contributed by atoms with van der Waals surface area (Å²) in [7, 11) is 0. The molecule has 2 heteroatoms. The molecule has 1 aromatic carbocycles. The Morgan fingerprint density at radius 3 is 2.83 bits per heavy atom. The van der Waals surface area contributed by atoms with Crippen LogP contribution in [0.25, 0.3) is 0 Å². The molecule has 0 fully saturated rings. The zero-order chi connectivity index (χ0) is 8.72. The predicted molar refractivity (Wildman–Crippen MR) is 51.5 cm³/mol. The summed E-state index contributed by atoms with van der Waals surface area (Å²) >= 11 is 3.39. The highest BCUT2D eigenvalue weighted by atomic mass is 79.9. The lowest BCUT2D eigenvalue weighted by Gasteiger charge is -2.02. The van der Waals surface area contributed by atoms with E-state index < -0.39 is 0 Å². The molecule has 1 aromatic rings. The Balaban J connectivity index is 2.68. The number of fused-ring (bicyclic) bond motifs is 1. The minimum Gasteiger partial charge on any atom is -0.294 e. The van der Waals surface area contributed by atoms with Crippen molar-refractivity contribution < 1.29 is 4.79 Å². The van der Waals surface area contributed by atoms with E-state index in [-0.39, 0.29) is 5.78 Å². The molecule has 0 aliphatic heterocycles. The van der Waals surface area contributed by atoms with Crippen LogP contribution in [0.1, 0.15) is 27.9 Å². The largest absolute Gasteiger partial charge is 0.294 e. The van der Waals surface area contributed by atoms with Gasteiger partial charge in [0.2, 0.25) is 0 Å². The molecule has 1 aliphatic rings. The average Bonchev–Trinajstić information content (AvgIpc) is 2.33. The van der Waals surface area contributed by atoms with Gasteiger partial charge in [0.25, 0.3) is 0 Å². The summed E-state index contributed by atoms with van der Waals surface area (Å²) in [5.74, 6) is 0.286. The van der Waals surface area contributed by atoms with Crippen molar-refractivity contribution in [2.24, 2.45) is 0 Å². The van der Waals surface area contributed by atoms with Gasteiger partial charge in [-0.05, 0) is 36.6 Å². The van der Waals surface area contributed by atoms with Crippen molar-refractivity contribution in [2.75, 3.05) is 0 Å². The molecule has 1 nitrogen and oxygen atoms in total. The Kier molecular flexibility index (Phi) is 1.80. The molecule has 0 unspecified atom stereocenters. The van der Waals surface area contributed by atoms with Gasteiger partial charge in [-0.2, -0.15) is 0 Å². The minimum atomic E-state index is 0.286. The predicted octanol–water partition coefficient (Wildman–Crippen LogP) is 2.89. The molecule has 0 radical (unpaired) electrons. The summed E-state index contributed by atoms with van der Waals surface area (Å²) in [6.45, 7) is 2.06. The van der Waals surface area contributed by atoms with Crippen LogP contribution in [0, 0.1) is 6.92 Å². The summed E-state index contributed by atoms with van der Waals surface area (Å²) in [5, 5.41) is 0. The van der Waals surface area contributed by atoms with Gasteiger partial charge < -0.3 is 0 Å². The Morgan fingerprint density at radius 1 is 1.33 bits per heavy atom. The number of aryl methyl sites for hydroxylation is 1.